The topological polar surface area (TPSA) is 0 Å². The molecule has 50 heavy (non-hydrogen) atoms. The summed E-state index contributed by atoms with van der Waals surface area (Å²) < 4.78 is 6.58. The van der Waals surface area contributed by atoms with Crippen molar-refractivity contribution in [3.05, 3.63) is 46.2 Å². The van der Waals surface area contributed by atoms with Crippen molar-refractivity contribution in [2.75, 3.05) is 0 Å². The molecule has 0 saturated heterocycles. The molecule has 0 radical (unpaired) electrons. The minimum atomic E-state index is -2.31. The third-order valence-corrected chi connectivity index (χ3v) is 33.8. The second kappa shape index (κ2) is 19.6. The Morgan fingerprint density at radius 1 is 0.420 bits per heavy atom. The average molecular weight is 961 g/mol. The van der Waals surface area contributed by atoms with Crippen molar-refractivity contribution in [2.24, 2.45) is 0 Å². The third kappa shape index (κ3) is 11.1. The first-order valence-electron chi connectivity index (χ1n) is 20.2. The molecule has 1 aromatic carbocycles. The van der Waals surface area contributed by atoms with Crippen molar-refractivity contribution in [1.82, 2.24) is 0 Å². The van der Waals surface area contributed by atoms with E-state index in [2.05, 4.69) is 125 Å². The summed E-state index contributed by atoms with van der Waals surface area (Å²) in [5.41, 5.74) is 3.12. The van der Waals surface area contributed by atoms with Gasteiger partial charge in [-0.25, -0.2) is 0 Å². The van der Waals surface area contributed by atoms with E-state index in [1.54, 1.807) is 46.8 Å². The van der Waals surface area contributed by atoms with Gasteiger partial charge >= 0.3 is 269 Å². The Labute approximate surface area is 330 Å². The average Bonchev–Trinajstić information content (AvgIpc) is 3.88. The summed E-state index contributed by atoms with van der Waals surface area (Å²) in [6, 6.07) is 15.3. The van der Waals surface area contributed by atoms with Crippen LogP contribution in [0.3, 0.4) is 0 Å². The van der Waals surface area contributed by atoms with Gasteiger partial charge in [-0.15, -0.1) is 0 Å². The number of fused-ring (bicyclic) bond motifs is 2. The van der Waals surface area contributed by atoms with Gasteiger partial charge in [-0.2, -0.15) is 0 Å². The van der Waals surface area contributed by atoms with Crippen LogP contribution in [0.1, 0.15) is 126 Å². The fourth-order valence-electron chi connectivity index (χ4n) is 7.16. The fourth-order valence-corrected chi connectivity index (χ4v) is 22.4. The van der Waals surface area contributed by atoms with Crippen LogP contribution >= 0.6 is 45.3 Å². The molecule has 0 aliphatic carbocycles. The van der Waals surface area contributed by atoms with Gasteiger partial charge in [-0.05, 0) is 0 Å². The van der Waals surface area contributed by atoms with E-state index >= 15 is 0 Å². The normalized spacial score (nSPS) is 12.6. The van der Waals surface area contributed by atoms with E-state index in [0.717, 1.165) is 0 Å². The van der Waals surface area contributed by atoms with Crippen molar-refractivity contribution >= 4 is 108 Å². The van der Waals surface area contributed by atoms with Crippen molar-refractivity contribution in [1.29, 1.82) is 0 Å². The van der Waals surface area contributed by atoms with E-state index in [0.29, 0.717) is 0 Å². The molecule has 0 spiro atoms. The summed E-state index contributed by atoms with van der Waals surface area (Å²) >= 11 is 3.91. The van der Waals surface area contributed by atoms with Crippen LogP contribution in [0.4, 0.5) is 0 Å². The summed E-state index contributed by atoms with van der Waals surface area (Å²) in [4.78, 5) is 21.8. The van der Waals surface area contributed by atoms with Gasteiger partial charge in [-0.1, -0.05) is 65.2 Å². The number of rotatable bonds is 22. The summed E-state index contributed by atoms with van der Waals surface area (Å²) in [5, 5.41) is 3.10. The van der Waals surface area contributed by atoms with Gasteiger partial charge in [0, 0.05) is 0 Å². The molecule has 0 unspecified atom stereocenters. The van der Waals surface area contributed by atoms with Crippen LogP contribution in [0.15, 0.2) is 36.4 Å². The van der Waals surface area contributed by atoms with E-state index in [-0.39, 0.29) is 0 Å². The number of hydrogen-bond acceptors (Lipinski definition) is 4. The first kappa shape index (κ1) is 41.3. The number of aryl methyl sites for hydroxylation is 2. The van der Waals surface area contributed by atoms with Crippen LogP contribution in [0.5, 0.6) is 0 Å². The molecule has 4 heterocycles. The maximum absolute atomic E-state index is 2.68. The third-order valence-electron chi connectivity index (χ3n) is 10.3. The van der Waals surface area contributed by atoms with E-state index in [9.17, 15) is 0 Å². The van der Waals surface area contributed by atoms with Crippen LogP contribution in [-0.4, -0.2) is 36.8 Å². The number of hydrogen-bond donors (Lipinski definition) is 0. The molecule has 0 aliphatic rings. The molecule has 0 saturated carbocycles. The molecule has 0 N–H and O–H groups in total. The Balaban J connectivity index is 1.46. The van der Waals surface area contributed by atoms with E-state index in [1.165, 1.54) is 125 Å². The predicted octanol–water partition coefficient (Wildman–Crippen LogP) is 16.0. The Kier molecular flexibility index (Phi) is 16.2. The second-order valence-corrected chi connectivity index (χ2v) is 52.2. The fraction of sp³-hybridized carbons (Fsp3) is 0.591. The molecule has 0 atom stereocenters. The monoisotopic (exact) mass is 962 g/mol. The Morgan fingerprint density at radius 3 is 1.10 bits per heavy atom. The molecule has 274 valence electrons. The molecule has 0 fully saturated rings. The standard InChI is InChI=1S/C38H48S4.6CH3.2Sn/c1-3-5-7-9-11-13-15-17-19-29-21-23-33(41-29)35-31-25-27-40-38(31)36(32-26-28-39-37(32)35)34-24-22-30(42-34)20-18-16-14-12-10-8-6-4-2;;;;;;;;/h21-26H,3-20H2,1-2H3;6*1H3;;. The summed E-state index contributed by atoms with van der Waals surface area (Å²) in [6.45, 7) is 4.62. The van der Waals surface area contributed by atoms with Crippen LogP contribution in [-0.2, 0) is 12.8 Å². The predicted molar refractivity (Wildman–Crippen MR) is 242 cm³/mol. The Morgan fingerprint density at radius 2 is 0.760 bits per heavy atom. The zero-order valence-corrected chi connectivity index (χ0v) is 41.8. The Hall–Kier alpha value is 0.137. The number of thiophene rings is 4. The zero-order valence-electron chi connectivity index (χ0n) is 32.8. The molecule has 5 aromatic rings. The first-order valence-corrected chi connectivity index (χ1v) is 43.5. The molecule has 6 heteroatoms. The van der Waals surface area contributed by atoms with E-state index in [4.69, 9.17) is 0 Å². The summed E-state index contributed by atoms with van der Waals surface area (Å²) in [6.07, 6.45) is 24.7. The maximum atomic E-state index is 2.68. The van der Waals surface area contributed by atoms with Gasteiger partial charge in [0.15, 0.2) is 0 Å². The molecular weight excluding hydrogens is 894 g/mol. The van der Waals surface area contributed by atoms with Gasteiger partial charge in [0.2, 0.25) is 0 Å². The van der Waals surface area contributed by atoms with Crippen LogP contribution in [0, 0.1) is 0 Å². The molecular formula is C44H66S4Sn2. The summed E-state index contributed by atoms with van der Waals surface area (Å²) in [7, 11) is 0. The van der Waals surface area contributed by atoms with Crippen LogP contribution in [0.2, 0.25) is 29.6 Å². The van der Waals surface area contributed by atoms with Gasteiger partial charge in [0.25, 0.3) is 0 Å². The molecule has 0 nitrogen and oxygen atoms in total. The van der Waals surface area contributed by atoms with Crippen molar-refractivity contribution in [3.8, 4) is 20.9 Å². The Bertz CT molecular complexity index is 1580. The molecule has 0 aliphatic heterocycles. The molecule has 0 bridgehead atoms. The van der Waals surface area contributed by atoms with Gasteiger partial charge in [-0.3, -0.25) is 0 Å². The summed E-state index contributed by atoms with van der Waals surface area (Å²) in [5.74, 6) is 0. The molecule has 0 amide bonds. The van der Waals surface area contributed by atoms with Crippen molar-refractivity contribution < 1.29 is 0 Å². The quantitative estimate of drug-likeness (QED) is 0.0479. The van der Waals surface area contributed by atoms with E-state index < -0.39 is 36.8 Å². The van der Waals surface area contributed by atoms with Gasteiger partial charge < -0.3 is 0 Å². The molecule has 5 rings (SSSR count). The second-order valence-electron chi connectivity index (χ2n) is 16.9. The molecule has 4 aromatic heterocycles. The number of unbranched alkanes of at least 4 members (excludes halogenated alkanes) is 14. The first-order chi connectivity index (χ1) is 24.0. The van der Waals surface area contributed by atoms with Crippen molar-refractivity contribution in [2.45, 2.75) is 159 Å². The van der Waals surface area contributed by atoms with E-state index in [1.807, 2.05) is 0 Å². The minimum absolute atomic E-state index is 1.24. The van der Waals surface area contributed by atoms with Crippen LogP contribution < -0.4 is 5.79 Å². The van der Waals surface area contributed by atoms with Gasteiger partial charge in [0.1, 0.15) is 0 Å². The van der Waals surface area contributed by atoms with Gasteiger partial charge in [0.05, 0.1) is 0 Å². The van der Waals surface area contributed by atoms with Crippen LogP contribution in [0.25, 0.3) is 41.1 Å². The van der Waals surface area contributed by atoms with Crippen molar-refractivity contribution in [3.63, 3.8) is 0 Å². The SMILES string of the molecule is CCCCCCCCCCc1ccc(-c2c3c[c]([Sn]([CH3])([CH3])[CH3])sc3c(-c3ccc(CCCCCCCCCC)s3)c3c[c]([Sn]([CH3])([CH3])[CH3])sc23)s1. The number of benzene rings is 1. The zero-order chi connectivity index (χ0) is 35.7.